The van der Waals surface area contributed by atoms with Crippen LogP contribution in [0.4, 0.5) is 0 Å². The summed E-state index contributed by atoms with van der Waals surface area (Å²) in [6, 6.07) is 2.07. The van der Waals surface area contributed by atoms with Gasteiger partial charge in [0, 0.05) is 38.1 Å². The normalized spacial score (nSPS) is 19.3. The number of carbonyl (C=O) groups excluding carboxylic acids is 1. The van der Waals surface area contributed by atoms with Crippen LogP contribution < -0.4 is 0 Å². The predicted octanol–water partition coefficient (Wildman–Crippen LogP) is 2.57. The van der Waals surface area contributed by atoms with E-state index in [0.29, 0.717) is 13.2 Å². The van der Waals surface area contributed by atoms with Gasteiger partial charge in [-0.2, -0.15) is 0 Å². The van der Waals surface area contributed by atoms with Gasteiger partial charge < -0.3 is 19.6 Å². The summed E-state index contributed by atoms with van der Waals surface area (Å²) in [5, 5.41) is 8.87. The number of amides is 1. The van der Waals surface area contributed by atoms with Crippen molar-refractivity contribution in [1.82, 2.24) is 9.80 Å². The van der Waals surface area contributed by atoms with Gasteiger partial charge in [0.25, 0.3) is 5.91 Å². The first-order valence-electron chi connectivity index (χ1n) is 9.42. The molecule has 1 aromatic rings. The Morgan fingerprint density at radius 3 is 2.77 bits per heavy atom. The fraction of sp³-hybridized carbons (Fsp3) is 0.684. The van der Waals surface area contributed by atoms with E-state index < -0.39 is 5.97 Å². The molecule has 26 heavy (non-hydrogen) atoms. The zero-order valence-electron chi connectivity index (χ0n) is 15.6. The summed E-state index contributed by atoms with van der Waals surface area (Å²) in [7, 11) is 1.86. The van der Waals surface area contributed by atoms with Crippen LogP contribution in [0.15, 0.2) is 6.07 Å². The third-order valence-electron chi connectivity index (χ3n) is 5.39. The number of hydrogen-bond donors (Lipinski definition) is 1. The van der Waals surface area contributed by atoms with Crippen LogP contribution in [0, 0.1) is 0 Å². The van der Waals surface area contributed by atoms with E-state index in [9.17, 15) is 9.59 Å². The zero-order valence-corrected chi connectivity index (χ0v) is 16.4. The SMILES string of the molecule is CCCN(C)C(=O)c1cc2c(s1)C1(CCN(CCC(=O)O)CC1)OCC2. The summed E-state index contributed by atoms with van der Waals surface area (Å²) in [5.74, 6) is -0.653. The van der Waals surface area contributed by atoms with Gasteiger partial charge in [0.2, 0.25) is 0 Å². The van der Waals surface area contributed by atoms with Crippen molar-refractivity contribution in [1.29, 1.82) is 0 Å². The number of fused-ring (bicyclic) bond motifs is 2. The second-order valence-electron chi connectivity index (χ2n) is 7.27. The van der Waals surface area contributed by atoms with Gasteiger partial charge in [-0.3, -0.25) is 9.59 Å². The molecule has 2 aliphatic rings. The molecule has 3 heterocycles. The average molecular weight is 381 g/mol. The smallest absolute Gasteiger partial charge is 0.304 e. The topological polar surface area (TPSA) is 70.1 Å². The van der Waals surface area contributed by atoms with Crippen LogP contribution >= 0.6 is 11.3 Å². The molecule has 1 amide bonds. The minimum absolute atomic E-state index is 0.0975. The van der Waals surface area contributed by atoms with Crippen LogP contribution in [0.3, 0.4) is 0 Å². The lowest BCUT2D eigenvalue weighted by molar-refractivity contribution is -0.137. The van der Waals surface area contributed by atoms with Gasteiger partial charge in [-0.15, -0.1) is 11.3 Å². The lowest BCUT2D eigenvalue weighted by Gasteiger charge is -2.43. The molecule has 1 spiro atoms. The molecule has 0 saturated carbocycles. The maximum Gasteiger partial charge on any atom is 0.304 e. The van der Waals surface area contributed by atoms with Gasteiger partial charge in [-0.25, -0.2) is 0 Å². The Kier molecular flexibility index (Phi) is 5.99. The first-order chi connectivity index (χ1) is 12.4. The molecule has 6 nitrogen and oxygen atoms in total. The van der Waals surface area contributed by atoms with Crippen molar-refractivity contribution in [3.8, 4) is 0 Å². The van der Waals surface area contributed by atoms with Crippen molar-refractivity contribution in [2.24, 2.45) is 0 Å². The number of carboxylic acids is 1. The van der Waals surface area contributed by atoms with E-state index in [1.165, 1.54) is 10.4 Å². The number of ether oxygens (including phenoxy) is 1. The lowest BCUT2D eigenvalue weighted by Crippen LogP contribution is -2.46. The highest BCUT2D eigenvalue weighted by Gasteiger charge is 2.42. The van der Waals surface area contributed by atoms with Gasteiger partial charge in [-0.1, -0.05) is 6.92 Å². The van der Waals surface area contributed by atoms with Crippen molar-refractivity contribution < 1.29 is 19.4 Å². The van der Waals surface area contributed by atoms with Gasteiger partial charge in [0.05, 0.1) is 17.9 Å². The van der Waals surface area contributed by atoms with Gasteiger partial charge >= 0.3 is 5.97 Å². The van der Waals surface area contributed by atoms with Crippen LogP contribution in [-0.2, 0) is 21.6 Å². The number of rotatable bonds is 6. The van der Waals surface area contributed by atoms with Crippen molar-refractivity contribution in [3.63, 3.8) is 0 Å². The first kappa shape index (κ1) is 19.3. The van der Waals surface area contributed by atoms with Gasteiger partial charge in [0.15, 0.2) is 0 Å². The van der Waals surface area contributed by atoms with Crippen molar-refractivity contribution in [2.75, 3.05) is 39.8 Å². The number of thiophene rings is 1. The Morgan fingerprint density at radius 2 is 2.12 bits per heavy atom. The van der Waals surface area contributed by atoms with Crippen LogP contribution in [0.5, 0.6) is 0 Å². The molecule has 2 aliphatic heterocycles. The number of nitrogens with zero attached hydrogens (tertiary/aromatic N) is 2. The highest BCUT2D eigenvalue weighted by Crippen LogP contribution is 2.45. The van der Waals surface area contributed by atoms with E-state index >= 15 is 0 Å². The molecule has 3 rings (SSSR count). The minimum atomic E-state index is -0.751. The van der Waals surface area contributed by atoms with Crippen LogP contribution in [0.25, 0.3) is 0 Å². The van der Waals surface area contributed by atoms with E-state index in [1.54, 1.807) is 16.2 Å². The largest absolute Gasteiger partial charge is 0.481 e. The number of piperidine rings is 1. The van der Waals surface area contributed by atoms with Crippen LogP contribution in [-0.4, -0.2) is 66.6 Å². The molecule has 1 N–H and O–H groups in total. The monoisotopic (exact) mass is 380 g/mol. The summed E-state index contributed by atoms with van der Waals surface area (Å²) in [5.41, 5.74) is 0.966. The quantitative estimate of drug-likeness (QED) is 0.821. The Balaban J connectivity index is 1.73. The highest BCUT2D eigenvalue weighted by atomic mass is 32.1. The van der Waals surface area contributed by atoms with Crippen molar-refractivity contribution in [2.45, 2.75) is 44.6 Å². The number of hydrogen-bond acceptors (Lipinski definition) is 5. The van der Waals surface area contributed by atoms with Gasteiger partial charge in [0.1, 0.15) is 5.60 Å². The molecular formula is C19H28N2O4S. The van der Waals surface area contributed by atoms with Crippen LogP contribution in [0.2, 0.25) is 0 Å². The molecule has 0 aromatic carbocycles. The molecule has 0 aliphatic carbocycles. The summed E-state index contributed by atoms with van der Waals surface area (Å²) in [6.07, 6.45) is 3.71. The molecule has 0 atom stereocenters. The fourth-order valence-electron chi connectivity index (χ4n) is 3.92. The number of likely N-dealkylation sites (tertiary alicyclic amines) is 1. The summed E-state index contributed by atoms with van der Waals surface area (Å²) >= 11 is 1.59. The van der Waals surface area contributed by atoms with Crippen LogP contribution in [0.1, 0.15) is 52.7 Å². The Morgan fingerprint density at radius 1 is 1.38 bits per heavy atom. The number of carboxylic acid groups (broad SMARTS) is 1. The molecule has 0 unspecified atom stereocenters. The molecular weight excluding hydrogens is 352 g/mol. The minimum Gasteiger partial charge on any atom is -0.481 e. The molecule has 1 saturated heterocycles. The fourth-order valence-corrected chi connectivity index (χ4v) is 5.32. The Bertz CT molecular complexity index is 664. The van der Waals surface area contributed by atoms with Crippen molar-refractivity contribution in [3.05, 3.63) is 21.4 Å². The maximum atomic E-state index is 12.7. The van der Waals surface area contributed by atoms with E-state index in [4.69, 9.17) is 9.84 Å². The summed E-state index contributed by atoms with van der Waals surface area (Å²) < 4.78 is 6.25. The summed E-state index contributed by atoms with van der Waals surface area (Å²) in [6.45, 7) is 5.80. The zero-order chi connectivity index (χ0) is 18.7. The average Bonchev–Trinajstić information content (AvgIpc) is 3.07. The third kappa shape index (κ3) is 3.94. The Hall–Kier alpha value is -1.44. The van der Waals surface area contributed by atoms with Crippen molar-refractivity contribution >= 4 is 23.2 Å². The third-order valence-corrected chi connectivity index (χ3v) is 6.75. The van der Waals surface area contributed by atoms with E-state index in [0.717, 1.165) is 50.2 Å². The second kappa shape index (κ2) is 8.06. The molecule has 144 valence electrons. The highest BCUT2D eigenvalue weighted by molar-refractivity contribution is 7.14. The van der Waals surface area contributed by atoms with E-state index in [-0.39, 0.29) is 17.9 Å². The molecule has 0 radical (unpaired) electrons. The Labute approximate surface area is 158 Å². The first-order valence-corrected chi connectivity index (χ1v) is 10.2. The number of aliphatic carboxylic acids is 1. The number of carbonyl (C=O) groups is 2. The molecule has 0 bridgehead atoms. The standard InChI is InChI=1S/C19H28N2O4S/c1-3-8-20(2)18(24)15-13-14-5-12-25-19(17(14)26-15)6-10-21(11-7-19)9-4-16(22)23/h13H,3-12H2,1-2H3,(H,22,23). The van der Waals surface area contributed by atoms with Gasteiger partial charge in [-0.05, 0) is 37.3 Å². The van der Waals surface area contributed by atoms with E-state index in [2.05, 4.69) is 17.9 Å². The second-order valence-corrected chi connectivity index (χ2v) is 8.32. The molecule has 1 fully saturated rings. The van der Waals surface area contributed by atoms with E-state index in [1.807, 2.05) is 7.05 Å². The molecule has 7 heteroatoms. The predicted molar refractivity (Wildman–Crippen MR) is 101 cm³/mol. The maximum absolute atomic E-state index is 12.7. The lowest BCUT2D eigenvalue weighted by atomic mass is 9.85. The summed E-state index contributed by atoms with van der Waals surface area (Å²) in [4.78, 5) is 29.5. The molecule has 1 aromatic heterocycles.